The molecule has 1 aromatic rings. The Labute approximate surface area is 82.5 Å². The molecule has 0 N–H and O–H groups in total. The lowest BCUT2D eigenvalue weighted by Crippen LogP contribution is -2.14. The number of carbonyl (C=O) groups is 1. The number of rotatable bonds is 4. The first-order valence-corrected chi connectivity index (χ1v) is 4.44. The van der Waals surface area contributed by atoms with Gasteiger partial charge in [-0.25, -0.2) is 0 Å². The standard InChI is InChI=1S/C10H11ClO2/c1-8(12)10(11)13-7-9-5-3-2-4-6-9/h2-6,10H,7H2,1H3. The van der Waals surface area contributed by atoms with Gasteiger partial charge in [0.15, 0.2) is 11.3 Å². The fraction of sp³-hybridized carbons (Fsp3) is 0.300. The summed E-state index contributed by atoms with van der Waals surface area (Å²) in [6.45, 7) is 1.78. The van der Waals surface area contributed by atoms with E-state index in [1.807, 2.05) is 30.3 Å². The van der Waals surface area contributed by atoms with E-state index in [2.05, 4.69) is 0 Å². The summed E-state index contributed by atoms with van der Waals surface area (Å²) in [5.41, 5.74) is 0.176. The van der Waals surface area contributed by atoms with E-state index in [1.165, 1.54) is 6.92 Å². The zero-order valence-corrected chi connectivity index (χ0v) is 8.12. The second kappa shape index (κ2) is 5.00. The van der Waals surface area contributed by atoms with Crippen LogP contribution >= 0.6 is 11.6 Å². The molecule has 1 unspecified atom stereocenters. The van der Waals surface area contributed by atoms with Crippen molar-refractivity contribution in [1.82, 2.24) is 0 Å². The maximum Gasteiger partial charge on any atom is 0.189 e. The molecule has 70 valence electrons. The van der Waals surface area contributed by atoms with Crippen LogP contribution in [-0.2, 0) is 16.1 Å². The van der Waals surface area contributed by atoms with E-state index in [0.717, 1.165) is 5.56 Å². The van der Waals surface area contributed by atoms with E-state index in [9.17, 15) is 4.79 Å². The van der Waals surface area contributed by atoms with Crippen molar-refractivity contribution in [1.29, 1.82) is 0 Å². The molecule has 0 bridgehead atoms. The summed E-state index contributed by atoms with van der Waals surface area (Å²) >= 11 is 5.59. The van der Waals surface area contributed by atoms with Crippen LogP contribution in [0.2, 0.25) is 0 Å². The Morgan fingerprint density at radius 2 is 2.08 bits per heavy atom. The second-order valence-electron chi connectivity index (χ2n) is 2.72. The Morgan fingerprint density at radius 3 is 2.62 bits per heavy atom. The van der Waals surface area contributed by atoms with Crippen LogP contribution in [0, 0.1) is 0 Å². The molecule has 0 saturated carbocycles. The van der Waals surface area contributed by atoms with Crippen LogP contribution in [-0.4, -0.2) is 11.3 Å². The van der Waals surface area contributed by atoms with E-state index in [1.54, 1.807) is 0 Å². The van der Waals surface area contributed by atoms with E-state index in [4.69, 9.17) is 16.3 Å². The lowest BCUT2D eigenvalue weighted by atomic mass is 10.2. The second-order valence-corrected chi connectivity index (χ2v) is 3.12. The number of hydrogen-bond donors (Lipinski definition) is 0. The highest BCUT2D eigenvalue weighted by molar-refractivity contribution is 6.29. The van der Waals surface area contributed by atoms with Crippen LogP contribution in [0.3, 0.4) is 0 Å². The zero-order valence-electron chi connectivity index (χ0n) is 7.37. The third-order valence-electron chi connectivity index (χ3n) is 1.56. The molecule has 13 heavy (non-hydrogen) atoms. The van der Waals surface area contributed by atoms with Crippen molar-refractivity contribution >= 4 is 17.4 Å². The minimum absolute atomic E-state index is 0.169. The normalized spacial score (nSPS) is 12.5. The van der Waals surface area contributed by atoms with Crippen LogP contribution in [0.5, 0.6) is 0 Å². The summed E-state index contributed by atoms with van der Waals surface area (Å²) in [5.74, 6) is -0.169. The average Bonchev–Trinajstić information content (AvgIpc) is 2.15. The Morgan fingerprint density at radius 1 is 1.46 bits per heavy atom. The van der Waals surface area contributed by atoms with Crippen LogP contribution in [0.15, 0.2) is 30.3 Å². The summed E-state index contributed by atoms with van der Waals surface area (Å²) in [5, 5.41) is 0. The van der Waals surface area contributed by atoms with Crippen molar-refractivity contribution in [2.75, 3.05) is 0 Å². The van der Waals surface area contributed by atoms with Gasteiger partial charge in [-0.2, -0.15) is 0 Å². The number of carbonyl (C=O) groups excluding carboxylic acids is 1. The molecule has 0 fully saturated rings. The van der Waals surface area contributed by atoms with Gasteiger partial charge >= 0.3 is 0 Å². The van der Waals surface area contributed by atoms with E-state index in [-0.39, 0.29) is 5.78 Å². The topological polar surface area (TPSA) is 26.3 Å². The molecule has 0 aliphatic carbocycles. The van der Waals surface area contributed by atoms with Gasteiger partial charge in [0.25, 0.3) is 0 Å². The van der Waals surface area contributed by atoms with Gasteiger partial charge in [0.05, 0.1) is 6.61 Å². The molecule has 0 radical (unpaired) electrons. The average molecular weight is 199 g/mol. The third-order valence-corrected chi connectivity index (χ3v) is 1.99. The first kappa shape index (κ1) is 10.2. The van der Waals surface area contributed by atoms with Crippen molar-refractivity contribution in [2.24, 2.45) is 0 Å². The molecule has 0 aromatic heterocycles. The minimum atomic E-state index is -0.833. The number of Topliss-reactive ketones (excluding diaryl/α,β-unsaturated/α-hetero) is 1. The summed E-state index contributed by atoms with van der Waals surface area (Å²) in [7, 11) is 0. The smallest absolute Gasteiger partial charge is 0.189 e. The Kier molecular flexibility index (Phi) is 3.93. The van der Waals surface area contributed by atoms with Gasteiger partial charge in [-0.05, 0) is 12.5 Å². The maximum atomic E-state index is 10.7. The fourth-order valence-corrected chi connectivity index (χ4v) is 0.924. The quantitative estimate of drug-likeness (QED) is 0.695. The SMILES string of the molecule is CC(=O)C(Cl)OCc1ccccc1. The Balaban J connectivity index is 2.39. The van der Waals surface area contributed by atoms with Gasteiger partial charge in [-0.15, -0.1) is 0 Å². The first-order valence-electron chi connectivity index (χ1n) is 4.00. The lowest BCUT2D eigenvalue weighted by molar-refractivity contribution is -0.124. The summed E-state index contributed by atoms with van der Waals surface area (Å²) < 4.78 is 5.11. The molecule has 0 aliphatic rings. The number of benzene rings is 1. The molecule has 0 heterocycles. The molecule has 0 aliphatic heterocycles. The molecule has 3 heteroatoms. The van der Waals surface area contributed by atoms with E-state index >= 15 is 0 Å². The van der Waals surface area contributed by atoms with Crippen molar-refractivity contribution in [3.63, 3.8) is 0 Å². The van der Waals surface area contributed by atoms with Crippen molar-refractivity contribution in [3.05, 3.63) is 35.9 Å². The minimum Gasteiger partial charge on any atom is -0.350 e. The van der Waals surface area contributed by atoms with Crippen molar-refractivity contribution < 1.29 is 9.53 Å². The molecule has 2 nitrogen and oxygen atoms in total. The van der Waals surface area contributed by atoms with Gasteiger partial charge in [0.1, 0.15) is 0 Å². The summed E-state index contributed by atoms with van der Waals surface area (Å²) in [4.78, 5) is 10.7. The van der Waals surface area contributed by atoms with Crippen LogP contribution in [0.4, 0.5) is 0 Å². The van der Waals surface area contributed by atoms with Gasteiger partial charge in [-0.1, -0.05) is 41.9 Å². The predicted molar refractivity (Wildman–Crippen MR) is 51.6 cm³/mol. The highest BCUT2D eigenvalue weighted by Gasteiger charge is 2.09. The van der Waals surface area contributed by atoms with E-state index in [0.29, 0.717) is 6.61 Å². The number of halogens is 1. The summed E-state index contributed by atoms with van der Waals surface area (Å²) in [6.07, 6.45) is 0. The van der Waals surface area contributed by atoms with Gasteiger partial charge < -0.3 is 4.74 Å². The lowest BCUT2D eigenvalue weighted by Gasteiger charge is -2.06. The molecule has 0 amide bonds. The van der Waals surface area contributed by atoms with E-state index < -0.39 is 5.56 Å². The maximum absolute atomic E-state index is 10.7. The fourth-order valence-electron chi connectivity index (χ4n) is 0.861. The van der Waals surface area contributed by atoms with Crippen molar-refractivity contribution in [3.8, 4) is 0 Å². The molecule has 1 rings (SSSR count). The largest absolute Gasteiger partial charge is 0.350 e. The zero-order chi connectivity index (χ0) is 9.68. The van der Waals surface area contributed by atoms with Gasteiger partial charge in [0.2, 0.25) is 0 Å². The van der Waals surface area contributed by atoms with Crippen LogP contribution in [0.1, 0.15) is 12.5 Å². The molecule has 0 saturated heterocycles. The molecule has 1 atom stereocenters. The van der Waals surface area contributed by atoms with Gasteiger partial charge in [0, 0.05) is 0 Å². The number of alkyl halides is 1. The highest BCUT2D eigenvalue weighted by atomic mass is 35.5. The molecular formula is C10H11ClO2. The molecule has 1 aromatic carbocycles. The molecular weight excluding hydrogens is 188 g/mol. The Bertz CT molecular complexity index is 272. The van der Waals surface area contributed by atoms with Crippen LogP contribution < -0.4 is 0 Å². The van der Waals surface area contributed by atoms with Crippen molar-refractivity contribution in [2.45, 2.75) is 19.1 Å². The number of ether oxygens (including phenoxy) is 1. The Hall–Kier alpha value is -0.860. The third kappa shape index (κ3) is 3.57. The van der Waals surface area contributed by atoms with Gasteiger partial charge in [-0.3, -0.25) is 4.79 Å². The first-order chi connectivity index (χ1) is 6.20. The van der Waals surface area contributed by atoms with Crippen LogP contribution in [0.25, 0.3) is 0 Å². The predicted octanol–water partition coefficient (Wildman–Crippen LogP) is 2.36. The monoisotopic (exact) mass is 198 g/mol. The number of ketones is 1. The molecule has 0 spiro atoms. The highest BCUT2D eigenvalue weighted by Crippen LogP contribution is 2.06. The summed E-state index contributed by atoms with van der Waals surface area (Å²) in [6, 6.07) is 9.59. The number of hydrogen-bond acceptors (Lipinski definition) is 2.